The molecule has 1 aliphatic heterocycles. The van der Waals surface area contributed by atoms with Gasteiger partial charge in [0.1, 0.15) is 11.4 Å². The summed E-state index contributed by atoms with van der Waals surface area (Å²) < 4.78 is 5.03. The van der Waals surface area contributed by atoms with Crippen molar-refractivity contribution in [1.82, 2.24) is 10.2 Å². The Balaban J connectivity index is 1.74. The Labute approximate surface area is 170 Å². The molecule has 3 rings (SSSR count). The molecule has 8 nitrogen and oxygen atoms in total. The van der Waals surface area contributed by atoms with Gasteiger partial charge in [-0.3, -0.25) is 15.0 Å². The van der Waals surface area contributed by atoms with Gasteiger partial charge in [-0.25, -0.2) is 4.79 Å². The van der Waals surface area contributed by atoms with Crippen LogP contribution in [-0.4, -0.2) is 42.1 Å². The minimum absolute atomic E-state index is 0.0373. The van der Waals surface area contributed by atoms with Crippen LogP contribution >= 0.6 is 0 Å². The van der Waals surface area contributed by atoms with Crippen molar-refractivity contribution in [3.8, 4) is 5.75 Å². The van der Waals surface area contributed by atoms with Crippen LogP contribution in [0.25, 0.3) is 0 Å². The van der Waals surface area contributed by atoms with Crippen molar-refractivity contribution in [1.29, 1.82) is 0 Å². The third kappa shape index (κ3) is 5.03. The molecule has 2 aromatic carbocycles. The highest BCUT2D eigenvalue weighted by atomic mass is 16.6. The predicted molar refractivity (Wildman–Crippen MR) is 111 cm³/mol. The van der Waals surface area contributed by atoms with Gasteiger partial charge in [0.25, 0.3) is 5.69 Å². The normalized spacial score (nSPS) is 16.1. The summed E-state index contributed by atoms with van der Waals surface area (Å²) in [5.74, 6) is 0.356. The molecule has 8 heteroatoms. The summed E-state index contributed by atoms with van der Waals surface area (Å²) in [7, 11) is 1.43. The fraction of sp³-hybridized carbons (Fsp3) is 0.381. The summed E-state index contributed by atoms with van der Waals surface area (Å²) in [6.45, 7) is 3.92. The Bertz CT molecular complexity index is 853. The number of hydrogen-bond donors (Lipinski definition) is 2. The molecule has 0 radical (unpaired) electrons. The maximum atomic E-state index is 12.6. The number of nitro benzene ring substituents is 1. The molecule has 29 heavy (non-hydrogen) atoms. The molecule has 0 unspecified atom stereocenters. The number of ether oxygens (including phenoxy) is 1. The molecule has 1 heterocycles. The second-order valence-electron chi connectivity index (χ2n) is 7.13. The van der Waals surface area contributed by atoms with Crippen molar-refractivity contribution >= 4 is 17.4 Å². The van der Waals surface area contributed by atoms with Crippen LogP contribution in [0.4, 0.5) is 16.2 Å². The van der Waals surface area contributed by atoms with E-state index in [1.165, 1.54) is 19.2 Å². The number of benzene rings is 2. The zero-order valence-electron chi connectivity index (χ0n) is 16.6. The summed E-state index contributed by atoms with van der Waals surface area (Å²) in [5.41, 5.74) is 1.04. The number of rotatable bonds is 7. The van der Waals surface area contributed by atoms with Gasteiger partial charge in [0, 0.05) is 6.04 Å². The molecule has 2 N–H and O–H groups in total. The molecule has 1 saturated heterocycles. The zero-order chi connectivity index (χ0) is 20.8. The van der Waals surface area contributed by atoms with Crippen LogP contribution in [-0.2, 0) is 0 Å². The fourth-order valence-electron chi connectivity index (χ4n) is 3.82. The molecule has 2 amide bonds. The Morgan fingerprint density at radius 2 is 1.86 bits per heavy atom. The van der Waals surface area contributed by atoms with E-state index in [0.717, 1.165) is 31.5 Å². The van der Waals surface area contributed by atoms with Crippen molar-refractivity contribution in [3.05, 3.63) is 64.2 Å². The first-order valence-electron chi connectivity index (χ1n) is 9.68. The standard InChI is InChI=1S/C21H26N4O4/c1-15(20(24-12-6-7-13-24)16-8-4-3-5-9-16)22-21(26)23-18-11-10-17(29-2)14-19(18)25(27)28/h3-5,8-11,14-15,20H,6-7,12-13H2,1-2H3,(H2,22,23,26)/t15-,20+/m0/s1. The number of anilines is 1. The van der Waals surface area contributed by atoms with E-state index in [0.29, 0.717) is 5.75 Å². The first-order chi connectivity index (χ1) is 14.0. The molecule has 2 aromatic rings. The molecule has 0 aliphatic carbocycles. The van der Waals surface area contributed by atoms with Crippen LogP contribution in [0.3, 0.4) is 0 Å². The number of hydrogen-bond acceptors (Lipinski definition) is 5. The summed E-state index contributed by atoms with van der Waals surface area (Å²) in [5, 5.41) is 16.9. The van der Waals surface area contributed by atoms with Gasteiger partial charge in [0.2, 0.25) is 0 Å². The second-order valence-corrected chi connectivity index (χ2v) is 7.13. The number of likely N-dealkylation sites (tertiary alicyclic amines) is 1. The highest BCUT2D eigenvalue weighted by molar-refractivity contribution is 5.92. The predicted octanol–water partition coefficient (Wildman–Crippen LogP) is 3.95. The van der Waals surface area contributed by atoms with Crippen LogP contribution < -0.4 is 15.4 Å². The van der Waals surface area contributed by atoms with E-state index < -0.39 is 11.0 Å². The van der Waals surface area contributed by atoms with Crippen molar-refractivity contribution in [2.24, 2.45) is 0 Å². The number of urea groups is 1. The van der Waals surface area contributed by atoms with Gasteiger partial charge >= 0.3 is 6.03 Å². The Morgan fingerprint density at radius 1 is 1.17 bits per heavy atom. The molecule has 0 aromatic heterocycles. The molecule has 1 fully saturated rings. The fourth-order valence-corrected chi connectivity index (χ4v) is 3.82. The minimum Gasteiger partial charge on any atom is -0.496 e. The first kappa shape index (κ1) is 20.6. The highest BCUT2D eigenvalue weighted by Crippen LogP contribution is 2.30. The lowest BCUT2D eigenvalue weighted by Gasteiger charge is -2.33. The van der Waals surface area contributed by atoms with Gasteiger partial charge in [-0.2, -0.15) is 0 Å². The number of carbonyl (C=O) groups excluding carboxylic acids is 1. The summed E-state index contributed by atoms with van der Waals surface area (Å²) >= 11 is 0. The lowest BCUT2D eigenvalue weighted by Crippen LogP contribution is -2.45. The highest BCUT2D eigenvalue weighted by Gasteiger charge is 2.29. The number of nitro groups is 1. The van der Waals surface area contributed by atoms with E-state index in [1.54, 1.807) is 6.07 Å². The van der Waals surface area contributed by atoms with E-state index in [2.05, 4.69) is 27.7 Å². The SMILES string of the molecule is COc1ccc(NC(=O)N[C@@H](C)[C@H](c2ccccc2)N2CCCC2)c([N+](=O)[O-])c1. The topological polar surface area (TPSA) is 96.7 Å². The maximum absolute atomic E-state index is 12.6. The van der Waals surface area contributed by atoms with Crippen molar-refractivity contribution in [3.63, 3.8) is 0 Å². The van der Waals surface area contributed by atoms with E-state index in [9.17, 15) is 14.9 Å². The van der Waals surface area contributed by atoms with E-state index in [4.69, 9.17) is 4.74 Å². The number of nitrogens with one attached hydrogen (secondary N) is 2. The van der Waals surface area contributed by atoms with Gasteiger partial charge in [-0.15, -0.1) is 0 Å². The quantitative estimate of drug-likeness (QED) is 0.544. The minimum atomic E-state index is -0.543. The third-order valence-electron chi connectivity index (χ3n) is 5.16. The van der Waals surface area contributed by atoms with Gasteiger partial charge in [-0.05, 0) is 50.6 Å². The van der Waals surface area contributed by atoms with Gasteiger partial charge in [0.05, 0.1) is 24.1 Å². The molecule has 2 atom stereocenters. The lowest BCUT2D eigenvalue weighted by molar-refractivity contribution is -0.384. The Morgan fingerprint density at radius 3 is 2.48 bits per heavy atom. The summed E-state index contributed by atoms with van der Waals surface area (Å²) in [6, 6.07) is 13.8. The Hall–Kier alpha value is -3.13. The zero-order valence-corrected chi connectivity index (χ0v) is 16.6. The van der Waals surface area contributed by atoms with Gasteiger partial charge < -0.3 is 15.4 Å². The third-order valence-corrected chi connectivity index (χ3v) is 5.16. The van der Waals surface area contributed by atoms with Crippen LogP contribution in [0.2, 0.25) is 0 Å². The van der Waals surface area contributed by atoms with Crippen LogP contribution in [0.15, 0.2) is 48.5 Å². The molecule has 0 bridgehead atoms. The average molecular weight is 398 g/mol. The van der Waals surface area contributed by atoms with Crippen LogP contribution in [0, 0.1) is 10.1 Å². The molecular formula is C21H26N4O4. The smallest absolute Gasteiger partial charge is 0.319 e. The van der Waals surface area contributed by atoms with E-state index in [1.807, 2.05) is 25.1 Å². The molecule has 154 valence electrons. The van der Waals surface area contributed by atoms with E-state index in [-0.39, 0.29) is 23.5 Å². The largest absolute Gasteiger partial charge is 0.496 e. The van der Waals surface area contributed by atoms with Gasteiger partial charge in [0.15, 0.2) is 0 Å². The molecule has 1 aliphatic rings. The van der Waals surface area contributed by atoms with Crippen molar-refractivity contribution < 1.29 is 14.5 Å². The monoisotopic (exact) mass is 398 g/mol. The van der Waals surface area contributed by atoms with Crippen molar-refractivity contribution in [2.75, 3.05) is 25.5 Å². The molecule has 0 spiro atoms. The number of methoxy groups -OCH3 is 1. The van der Waals surface area contributed by atoms with Gasteiger partial charge in [-0.1, -0.05) is 30.3 Å². The average Bonchev–Trinajstić information content (AvgIpc) is 3.23. The number of nitrogens with zero attached hydrogens (tertiary/aromatic N) is 2. The maximum Gasteiger partial charge on any atom is 0.319 e. The molecular weight excluding hydrogens is 372 g/mol. The summed E-state index contributed by atoms with van der Waals surface area (Å²) in [6.07, 6.45) is 2.28. The first-order valence-corrected chi connectivity index (χ1v) is 9.68. The van der Waals surface area contributed by atoms with Crippen LogP contribution in [0.1, 0.15) is 31.4 Å². The van der Waals surface area contributed by atoms with Crippen LogP contribution in [0.5, 0.6) is 5.75 Å². The van der Waals surface area contributed by atoms with Crippen molar-refractivity contribution in [2.45, 2.75) is 31.8 Å². The lowest BCUT2D eigenvalue weighted by atomic mass is 9.99. The van der Waals surface area contributed by atoms with E-state index >= 15 is 0 Å². The number of amides is 2. The number of carbonyl (C=O) groups is 1. The molecule has 0 saturated carbocycles. The second kappa shape index (κ2) is 9.38. The Kier molecular flexibility index (Phi) is 6.66. The summed E-state index contributed by atoms with van der Waals surface area (Å²) in [4.78, 5) is 25.8.